The summed E-state index contributed by atoms with van der Waals surface area (Å²) in [5, 5.41) is 18.8. The number of carboxylic acid groups (broad SMARTS) is 1. The summed E-state index contributed by atoms with van der Waals surface area (Å²) < 4.78 is 5.68. The molecule has 1 aromatic carbocycles. The van der Waals surface area contributed by atoms with Crippen LogP contribution in [0.2, 0.25) is 0 Å². The van der Waals surface area contributed by atoms with Crippen molar-refractivity contribution in [2.75, 3.05) is 6.61 Å². The van der Waals surface area contributed by atoms with E-state index in [4.69, 9.17) is 10.5 Å². The summed E-state index contributed by atoms with van der Waals surface area (Å²) in [6, 6.07) is 7.22. The van der Waals surface area contributed by atoms with Crippen LogP contribution in [0, 0.1) is 5.92 Å². The van der Waals surface area contributed by atoms with E-state index in [1.165, 1.54) is 29.9 Å². The molecule has 4 N–H and O–H groups in total. The van der Waals surface area contributed by atoms with Crippen LogP contribution in [0.1, 0.15) is 12.5 Å². The molecule has 3 atom stereocenters. The quantitative estimate of drug-likeness (QED) is 0.364. The standard InChI is InChI=1S/C17H19N3O5S/c1-9(21)13-15(22)20-14(17(23)24)12(26-16(13)20)7-25-11-4-2-10(3-5-11)6-19-8-18/h2-5,8-9,13,16,21H,6-7H2,1H3,(H2,18,19)(H,23,24)/t9-,13+,16-/m1/s1. The number of rotatable bonds is 7. The minimum absolute atomic E-state index is 0.0411. The van der Waals surface area contributed by atoms with Gasteiger partial charge in [0, 0.05) is 0 Å². The largest absolute Gasteiger partial charge is 0.488 e. The lowest BCUT2D eigenvalue weighted by molar-refractivity contribution is -0.156. The zero-order valence-electron chi connectivity index (χ0n) is 14.0. The van der Waals surface area contributed by atoms with Crippen molar-refractivity contribution in [2.24, 2.45) is 16.6 Å². The smallest absolute Gasteiger partial charge is 0.353 e. The molecule has 0 saturated carbocycles. The fraction of sp³-hybridized carbons (Fsp3) is 0.353. The molecule has 1 fully saturated rings. The van der Waals surface area contributed by atoms with Gasteiger partial charge in [0.05, 0.1) is 29.8 Å². The highest BCUT2D eigenvalue weighted by Crippen LogP contribution is 2.50. The molecule has 2 aliphatic rings. The van der Waals surface area contributed by atoms with Crippen molar-refractivity contribution in [1.82, 2.24) is 4.90 Å². The van der Waals surface area contributed by atoms with Crippen molar-refractivity contribution >= 4 is 30.0 Å². The Morgan fingerprint density at radius 3 is 2.73 bits per heavy atom. The molecular formula is C17H19N3O5S. The van der Waals surface area contributed by atoms with Gasteiger partial charge in [0.25, 0.3) is 0 Å². The Labute approximate surface area is 154 Å². The van der Waals surface area contributed by atoms with E-state index in [0.29, 0.717) is 17.2 Å². The highest BCUT2D eigenvalue weighted by Gasteiger charge is 2.57. The lowest BCUT2D eigenvalue weighted by atomic mass is 9.92. The molecule has 0 aliphatic carbocycles. The molecule has 2 heterocycles. The first-order chi connectivity index (χ1) is 12.4. The third-order valence-corrected chi connectivity index (χ3v) is 5.59. The topological polar surface area (TPSA) is 125 Å². The Morgan fingerprint density at radius 2 is 2.15 bits per heavy atom. The first-order valence-electron chi connectivity index (χ1n) is 8.00. The molecule has 9 heteroatoms. The summed E-state index contributed by atoms with van der Waals surface area (Å²) in [6.07, 6.45) is 0.419. The van der Waals surface area contributed by atoms with Crippen molar-refractivity contribution in [3.05, 3.63) is 40.4 Å². The van der Waals surface area contributed by atoms with Crippen molar-refractivity contribution in [2.45, 2.75) is 24.9 Å². The number of carbonyl (C=O) groups excluding carboxylic acids is 1. The zero-order valence-corrected chi connectivity index (χ0v) is 14.8. The maximum atomic E-state index is 12.1. The van der Waals surface area contributed by atoms with Crippen LogP contribution in [-0.4, -0.2) is 51.4 Å². The van der Waals surface area contributed by atoms with Crippen molar-refractivity contribution in [3.63, 3.8) is 0 Å². The Kier molecular flexibility index (Phi) is 5.19. The summed E-state index contributed by atoms with van der Waals surface area (Å²) in [5.74, 6) is -1.55. The average Bonchev–Trinajstić information content (AvgIpc) is 2.93. The lowest BCUT2D eigenvalue weighted by Crippen LogP contribution is -2.60. The molecule has 0 aromatic heterocycles. The minimum Gasteiger partial charge on any atom is -0.488 e. The average molecular weight is 377 g/mol. The molecule has 8 nitrogen and oxygen atoms in total. The number of aliphatic imine (C=N–C) groups is 1. The van der Waals surface area contributed by atoms with Gasteiger partial charge in [0.2, 0.25) is 5.91 Å². The van der Waals surface area contributed by atoms with Gasteiger partial charge in [0.15, 0.2) is 0 Å². The lowest BCUT2D eigenvalue weighted by Gasteiger charge is -2.43. The van der Waals surface area contributed by atoms with E-state index in [2.05, 4.69) is 4.99 Å². The molecular weight excluding hydrogens is 358 g/mol. The Morgan fingerprint density at radius 1 is 1.46 bits per heavy atom. The first kappa shape index (κ1) is 18.3. The maximum Gasteiger partial charge on any atom is 0.353 e. The number of β-lactam (4-membered cyclic amide) rings is 1. The van der Waals surface area contributed by atoms with Crippen LogP contribution in [0.15, 0.2) is 39.9 Å². The second-order valence-corrected chi connectivity index (χ2v) is 7.19. The van der Waals surface area contributed by atoms with E-state index in [9.17, 15) is 19.8 Å². The van der Waals surface area contributed by atoms with Crippen LogP contribution in [0.3, 0.4) is 0 Å². The number of benzene rings is 1. The maximum absolute atomic E-state index is 12.1. The number of nitrogens with two attached hydrogens (primary N) is 1. The Bertz CT molecular complexity index is 775. The molecule has 2 aliphatic heterocycles. The first-order valence-corrected chi connectivity index (χ1v) is 8.88. The number of amides is 1. The van der Waals surface area contributed by atoms with Gasteiger partial charge >= 0.3 is 5.97 Å². The molecule has 3 rings (SSSR count). The molecule has 1 saturated heterocycles. The van der Waals surface area contributed by atoms with Gasteiger partial charge in [-0.05, 0) is 24.6 Å². The van der Waals surface area contributed by atoms with Crippen LogP contribution >= 0.6 is 11.8 Å². The number of aliphatic carboxylic acids is 1. The molecule has 1 amide bonds. The number of fused-ring (bicyclic) bond motifs is 1. The van der Waals surface area contributed by atoms with Gasteiger partial charge in [-0.15, -0.1) is 0 Å². The van der Waals surface area contributed by atoms with E-state index < -0.39 is 18.0 Å². The second-order valence-electron chi connectivity index (χ2n) is 5.98. The van der Waals surface area contributed by atoms with Gasteiger partial charge in [-0.1, -0.05) is 23.9 Å². The number of hydrogen-bond acceptors (Lipinski definition) is 6. The van der Waals surface area contributed by atoms with Crippen molar-refractivity contribution < 1.29 is 24.5 Å². The van der Waals surface area contributed by atoms with E-state index in [0.717, 1.165) is 5.56 Å². The summed E-state index contributed by atoms with van der Waals surface area (Å²) >= 11 is 1.26. The fourth-order valence-corrected chi connectivity index (χ4v) is 4.47. The Balaban J connectivity index is 1.69. The predicted molar refractivity (Wildman–Crippen MR) is 96.4 cm³/mol. The van der Waals surface area contributed by atoms with Crippen LogP contribution in [-0.2, 0) is 16.1 Å². The van der Waals surface area contributed by atoms with E-state index >= 15 is 0 Å². The molecule has 0 radical (unpaired) electrons. The number of ether oxygens (including phenoxy) is 1. The van der Waals surface area contributed by atoms with Gasteiger partial charge in [-0.3, -0.25) is 14.7 Å². The number of nitrogens with zero attached hydrogens (tertiary/aromatic N) is 2. The van der Waals surface area contributed by atoms with Crippen LogP contribution < -0.4 is 10.5 Å². The summed E-state index contributed by atoms with van der Waals surface area (Å²) in [7, 11) is 0. The van der Waals surface area contributed by atoms with Crippen LogP contribution in [0.4, 0.5) is 0 Å². The van der Waals surface area contributed by atoms with Gasteiger partial charge in [0.1, 0.15) is 23.4 Å². The van der Waals surface area contributed by atoms with Crippen molar-refractivity contribution in [1.29, 1.82) is 0 Å². The zero-order chi connectivity index (χ0) is 18.8. The summed E-state index contributed by atoms with van der Waals surface area (Å²) in [5.41, 5.74) is 6.12. The minimum atomic E-state index is -1.18. The van der Waals surface area contributed by atoms with Gasteiger partial charge in [-0.25, -0.2) is 4.79 Å². The predicted octanol–water partition coefficient (Wildman–Crippen LogP) is 0.761. The summed E-state index contributed by atoms with van der Waals surface area (Å²) in [4.78, 5) is 29.4. The van der Waals surface area contributed by atoms with Gasteiger partial charge in [-0.2, -0.15) is 0 Å². The third-order valence-electron chi connectivity index (χ3n) is 4.25. The second kappa shape index (κ2) is 7.38. The molecule has 0 unspecified atom stereocenters. The number of carbonyl (C=O) groups is 2. The molecule has 0 spiro atoms. The highest BCUT2D eigenvalue weighted by molar-refractivity contribution is 8.04. The molecule has 138 valence electrons. The highest BCUT2D eigenvalue weighted by atomic mass is 32.2. The number of aliphatic hydroxyl groups excluding tert-OH is 1. The number of hydrogen-bond donors (Lipinski definition) is 3. The van der Waals surface area contributed by atoms with Gasteiger partial charge < -0.3 is 20.7 Å². The van der Waals surface area contributed by atoms with E-state index in [-0.39, 0.29) is 23.6 Å². The monoisotopic (exact) mass is 377 g/mol. The Hall–Kier alpha value is -2.52. The molecule has 0 bridgehead atoms. The van der Waals surface area contributed by atoms with E-state index in [1.54, 1.807) is 12.1 Å². The SMILES string of the molecule is C[C@@H](O)[C@H]1C(=O)N2C(C(=O)O)=C(COc3ccc(C/N=C\N)cc3)S[C@H]12. The molecule has 26 heavy (non-hydrogen) atoms. The van der Waals surface area contributed by atoms with E-state index in [1.807, 2.05) is 12.1 Å². The van der Waals surface area contributed by atoms with Crippen molar-refractivity contribution in [3.8, 4) is 5.75 Å². The molecule has 1 aromatic rings. The number of thioether (sulfide) groups is 1. The van der Waals surface area contributed by atoms with Crippen LogP contribution in [0.5, 0.6) is 5.75 Å². The fourth-order valence-electron chi connectivity index (χ4n) is 2.95. The normalized spacial score (nSPS) is 23.2. The number of carboxylic acids is 1. The van der Waals surface area contributed by atoms with Crippen LogP contribution in [0.25, 0.3) is 0 Å². The number of aliphatic hydroxyl groups is 1. The summed E-state index contributed by atoms with van der Waals surface area (Å²) in [6.45, 7) is 2.05. The third kappa shape index (κ3) is 3.27.